The lowest BCUT2D eigenvalue weighted by Crippen LogP contribution is -2.13. The molecule has 0 bridgehead atoms. The SMILES string of the molecule is CC(C)OC(=O)CCCNc1ncnc2sc3c(c12)CCC3. The molecule has 0 fully saturated rings. The molecule has 0 unspecified atom stereocenters. The summed E-state index contributed by atoms with van der Waals surface area (Å²) < 4.78 is 5.13. The van der Waals surface area contributed by atoms with Crippen molar-refractivity contribution in [1.82, 2.24) is 9.97 Å². The maximum absolute atomic E-state index is 11.5. The lowest BCUT2D eigenvalue weighted by Gasteiger charge is -2.09. The summed E-state index contributed by atoms with van der Waals surface area (Å²) in [4.78, 5) is 22.8. The smallest absolute Gasteiger partial charge is 0.306 e. The molecule has 1 aliphatic rings. The van der Waals surface area contributed by atoms with E-state index in [-0.39, 0.29) is 12.1 Å². The van der Waals surface area contributed by atoms with E-state index in [2.05, 4.69) is 15.3 Å². The first-order chi connectivity index (χ1) is 10.6. The minimum atomic E-state index is -0.138. The van der Waals surface area contributed by atoms with Crippen molar-refractivity contribution >= 4 is 33.3 Å². The third-order valence-electron chi connectivity index (χ3n) is 3.72. The minimum Gasteiger partial charge on any atom is -0.463 e. The number of aryl methyl sites for hydroxylation is 2. The van der Waals surface area contributed by atoms with Crippen LogP contribution >= 0.6 is 11.3 Å². The molecule has 0 aromatic carbocycles. The fraction of sp³-hybridized carbons (Fsp3) is 0.562. The van der Waals surface area contributed by atoms with Crippen LogP contribution in [-0.2, 0) is 22.4 Å². The summed E-state index contributed by atoms with van der Waals surface area (Å²) in [6.07, 6.45) is 6.25. The number of anilines is 1. The van der Waals surface area contributed by atoms with Crippen molar-refractivity contribution < 1.29 is 9.53 Å². The molecule has 1 N–H and O–H groups in total. The van der Waals surface area contributed by atoms with Crippen molar-refractivity contribution in [3.8, 4) is 0 Å². The second-order valence-electron chi connectivity index (χ2n) is 5.83. The lowest BCUT2D eigenvalue weighted by molar-refractivity contribution is -0.147. The monoisotopic (exact) mass is 319 g/mol. The Hall–Kier alpha value is -1.69. The van der Waals surface area contributed by atoms with Crippen LogP contribution < -0.4 is 5.32 Å². The van der Waals surface area contributed by atoms with E-state index < -0.39 is 0 Å². The number of hydrogen-bond donors (Lipinski definition) is 1. The number of aromatic nitrogens is 2. The number of thiophene rings is 1. The highest BCUT2D eigenvalue weighted by Crippen LogP contribution is 2.38. The quantitative estimate of drug-likeness (QED) is 0.653. The molecule has 2 heterocycles. The molecule has 0 saturated heterocycles. The van der Waals surface area contributed by atoms with E-state index in [1.165, 1.54) is 22.2 Å². The molecular formula is C16H21N3O2S. The van der Waals surface area contributed by atoms with E-state index in [0.29, 0.717) is 13.0 Å². The van der Waals surface area contributed by atoms with Crippen molar-refractivity contribution in [2.75, 3.05) is 11.9 Å². The standard InChI is InChI=1S/C16H21N3O2S/c1-10(2)21-13(20)7-4-8-17-15-14-11-5-3-6-12(11)22-16(14)19-9-18-15/h9-10H,3-8H2,1-2H3,(H,17,18,19). The Balaban J connectivity index is 1.61. The van der Waals surface area contributed by atoms with Crippen LogP contribution in [0.2, 0.25) is 0 Å². The van der Waals surface area contributed by atoms with Gasteiger partial charge in [-0.05, 0) is 45.1 Å². The summed E-state index contributed by atoms with van der Waals surface area (Å²) in [7, 11) is 0. The van der Waals surface area contributed by atoms with Crippen molar-refractivity contribution in [2.45, 2.75) is 52.1 Å². The molecule has 2 aromatic heterocycles. The second-order valence-corrected chi connectivity index (χ2v) is 6.91. The second kappa shape index (κ2) is 6.60. The number of nitrogens with one attached hydrogen (secondary N) is 1. The number of hydrogen-bond acceptors (Lipinski definition) is 6. The summed E-state index contributed by atoms with van der Waals surface area (Å²) in [6.45, 7) is 4.44. The normalized spacial score (nSPS) is 13.6. The number of nitrogens with zero attached hydrogens (tertiary/aromatic N) is 2. The number of fused-ring (bicyclic) bond motifs is 3. The zero-order valence-corrected chi connectivity index (χ0v) is 13.8. The molecule has 0 radical (unpaired) electrons. The number of rotatable bonds is 6. The molecular weight excluding hydrogens is 298 g/mol. The Morgan fingerprint density at radius 1 is 1.41 bits per heavy atom. The molecule has 6 heteroatoms. The van der Waals surface area contributed by atoms with Gasteiger partial charge in [-0.1, -0.05) is 0 Å². The van der Waals surface area contributed by atoms with Gasteiger partial charge in [-0.15, -0.1) is 11.3 Å². The maximum atomic E-state index is 11.5. The molecule has 0 amide bonds. The fourth-order valence-electron chi connectivity index (χ4n) is 2.82. The summed E-state index contributed by atoms with van der Waals surface area (Å²) in [5.41, 5.74) is 1.42. The first-order valence-corrected chi connectivity index (χ1v) is 8.65. The van der Waals surface area contributed by atoms with E-state index in [1.807, 2.05) is 13.8 Å². The van der Waals surface area contributed by atoms with Crippen molar-refractivity contribution in [3.63, 3.8) is 0 Å². The molecule has 0 aliphatic heterocycles. The molecule has 22 heavy (non-hydrogen) atoms. The van der Waals surface area contributed by atoms with Crippen LogP contribution in [0.3, 0.4) is 0 Å². The molecule has 5 nitrogen and oxygen atoms in total. The topological polar surface area (TPSA) is 64.1 Å². The van der Waals surface area contributed by atoms with Gasteiger partial charge in [0.1, 0.15) is 17.0 Å². The fourth-order valence-corrected chi connectivity index (χ4v) is 4.05. The van der Waals surface area contributed by atoms with Crippen molar-refractivity contribution in [3.05, 3.63) is 16.8 Å². The first kappa shape index (κ1) is 15.2. The Morgan fingerprint density at radius 2 is 2.27 bits per heavy atom. The van der Waals surface area contributed by atoms with Crippen LogP contribution in [0, 0.1) is 0 Å². The molecule has 3 rings (SSSR count). The number of esters is 1. The zero-order chi connectivity index (χ0) is 15.5. The predicted octanol–water partition coefficient (Wildman–Crippen LogP) is 3.32. The minimum absolute atomic E-state index is 0.0460. The average molecular weight is 319 g/mol. The van der Waals surface area contributed by atoms with Crippen LogP contribution in [-0.4, -0.2) is 28.6 Å². The highest BCUT2D eigenvalue weighted by atomic mass is 32.1. The number of ether oxygens (including phenoxy) is 1. The van der Waals surface area contributed by atoms with Gasteiger partial charge < -0.3 is 10.1 Å². The van der Waals surface area contributed by atoms with E-state index >= 15 is 0 Å². The summed E-state index contributed by atoms with van der Waals surface area (Å²) in [5, 5.41) is 4.54. The third-order valence-corrected chi connectivity index (χ3v) is 4.92. The highest BCUT2D eigenvalue weighted by molar-refractivity contribution is 7.19. The van der Waals surface area contributed by atoms with E-state index in [0.717, 1.165) is 29.9 Å². The van der Waals surface area contributed by atoms with Gasteiger partial charge in [0.2, 0.25) is 0 Å². The Kier molecular flexibility index (Phi) is 4.57. The lowest BCUT2D eigenvalue weighted by atomic mass is 10.2. The van der Waals surface area contributed by atoms with Gasteiger partial charge in [0, 0.05) is 17.8 Å². The van der Waals surface area contributed by atoms with Gasteiger partial charge in [0.25, 0.3) is 0 Å². The Bertz CT molecular complexity index is 681. The summed E-state index contributed by atoms with van der Waals surface area (Å²) in [5.74, 6) is 0.766. The third kappa shape index (κ3) is 3.21. The van der Waals surface area contributed by atoms with Gasteiger partial charge in [-0.2, -0.15) is 0 Å². The van der Waals surface area contributed by atoms with Gasteiger partial charge in [-0.25, -0.2) is 9.97 Å². The van der Waals surface area contributed by atoms with Gasteiger partial charge in [-0.3, -0.25) is 4.79 Å². The molecule has 2 aromatic rings. The maximum Gasteiger partial charge on any atom is 0.306 e. The molecule has 0 atom stereocenters. The van der Waals surface area contributed by atoms with E-state index in [1.54, 1.807) is 17.7 Å². The van der Waals surface area contributed by atoms with Crippen LogP contribution in [0.15, 0.2) is 6.33 Å². The molecule has 0 saturated carbocycles. The van der Waals surface area contributed by atoms with Crippen LogP contribution in [0.5, 0.6) is 0 Å². The molecule has 118 valence electrons. The Labute approximate surface area is 134 Å². The van der Waals surface area contributed by atoms with Crippen molar-refractivity contribution in [1.29, 1.82) is 0 Å². The highest BCUT2D eigenvalue weighted by Gasteiger charge is 2.20. The number of carbonyl (C=O) groups is 1. The molecule has 0 spiro atoms. The average Bonchev–Trinajstić information content (AvgIpc) is 3.03. The van der Waals surface area contributed by atoms with Gasteiger partial charge >= 0.3 is 5.97 Å². The predicted molar refractivity (Wildman–Crippen MR) is 88.4 cm³/mol. The zero-order valence-electron chi connectivity index (χ0n) is 13.0. The summed E-state index contributed by atoms with van der Waals surface area (Å²) >= 11 is 1.79. The first-order valence-electron chi connectivity index (χ1n) is 7.83. The largest absolute Gasteiger partial charge is 0.463 e. The van der Waals surface area contributed by atoms with Crippen LogP contribution in [0.1, 0.15) is 43.6 Å². The van der Waals surface area contributed by atoms with Crippen LogP contribution in [0.25, 0.3) is 10.2 Å². The van der Waals surface area contributed by atoms with Gasteiger partial charge in [0.15, 0.2) is 0 Å². The molecule has 1 aliphatic carbocycles. The van der Waals surface area contributed by atoms with Gasteiger partial charge in [0.05, 0.1) is 11.5 Å². The number of carbonyl (C=O) groups excluding carboxylic acids is 1. The Morgan fingerprint density at radius 3 is 3.09 bits per heavy atom. The van der Waals surface area contributed by atoms with E-state index in [9.17, 15) is 4.79 Å². The van der Waals surface area contributed by atoms with Crippen molar-refractivity contribution in [2.24, 2.45) is 0 Å². The van der Waals surface area contributed by atoms with E-state index in [4.69, 9.17) is 4.74 Å². The summed E-state index contributed by atoms with van der Waals surface area (Å²) in [6, 6.07) is 0. The van der Waals surface area contributed by atoms with Crippen LogP contribution in [0.4, 0.5) is 5.82 Å².